The number of halogens is 2. The highest BCUT2D eigenvalue weighted by Crippen LogP contribution is 2.19. The highest BCUT2D eigenvalue weighted by atomic mass is 19.1. The largest absolute Gasteiger partial charge is 0.338 e. The van der Waals surface area contributed by atoms with E-state index in [4.69, 9.17) is 5.73 Å². The quantitative estimate of drug-likeness (QED) is 0.817. The van der Waals surface area contributed by atoms with Crippen LogP contribution in [0.1, 0.15) is 10.4 Å². The van der Waals surface area contributed by atoms with Crippen LogP contribution in [0.2, 0.25) is 0 Å². The van der Waals surface area contributed by atoms with Gasteiger partial charge in [-0.2, -0.15) is 0 Å². The molecule has 2 N–H and O–H groups in total. The van der Waals surface area contributed by atoms with Gasteiger partial charge in [0.25, 0.3) is 5.91 Å². The molecule has 1 heterocycles. The number of carbonyl (C=O) groups is 1. The van der Waals surface area contributed by atoms with E-state index in [1.54, 1.807) is 0 Å². The molecule has 1 fully saturated rings. The molecule has 5 heteroatoms. The van der Waals surface area contributed by atoms with Crippen LogP contribution >= 0.6 is 0 Å². The summed E-state index contributed by atoms with van der Waals surface area (Å²) in [5.41, 5.74) is 5.34. The second kappa shape index (κ2) is 4.17. The topological polar surface area (TPSA) is 46.3 Å². The van der Waals surface area contributed by atoms with Crippen LogP contribution in [0, 0.1) is 17.6 Å². The number of hydrogen-bond donors (Lipinski definition) is 1. The summed E-state index contributed by atoms with van der Waals surface area (Å²) in [5.74, 6) is -1.60. The minimum absolute atomic E-state index is 0.0862. The molecule has 0 atom stereocenters. The van der Waals surface area contributed by atoms with Crippen molar-refractivity contribution in [2.75, 3.05) is 19.6 Å². The normalized spacial score (nSPS) is 16.1. The van der Waals surface area contributed by atoms with Crippen molar-refractivity contribution in [1.29, 1.82) is 0 Å². The van der Waals surface area contributed by atoms with Crippen molar-refractivity contribution in [3.8, 4) is 0 Å². The molecule has 0 saturated carbocycles. The van der Waals surface area contributed by atoms with Crippen molar-refractivity contribution >= 4 is 5.91 Å². The molecule has 86 valence electrons. The maximum atomic E-state index is 13.3. The molecular formula is C11H12F2N2O. The van der Waals surface area contributed by atoms with Crippen LogP contribution in [0.3, 0.4) is 0 Å². The second-order valence-electron chi connectivity index (χ2n) is 3.94. The highest BCUT2D eigenvalue weighted by molar-refractivity contribution is 5.95. The summed E-state index contributed by atoms with van der Waals surface area (Å²) in [5, 5.41) is 0. The summed E-state index contributed by atoms with van der Waals surface area (Å²) in [7, 11) is 0. The Morgan fingerprint density at radius 2 is 2.12 bits per heavy atom. The Hall–Kier alpha value is -1.49. The molecule has 0 aliphatic carbocycles. The van der Waals surface area contributed by atoms with Gasteiger partial charge in [-0.25, -0.2) is 8.78 Å². The van der Waals surface area contributed by atoms with Crippen LogP contribution in [0.25, 0.3) is 0 Å². The van der Waals surface area contributed by atoms with E-state index in [0.717, 1.165) is 6.07 Å². The third-order valence-electron chi connectivity index (χ3n) is 2.74. The second-order valence-corrected chi connectivity index (χ2v) is 3.94. The Balaban J connectivity index is 2.10. The van der Waals surface area contributed by atoms with Crippen LogP contribution in [0.15, 0.2) is 18.2 Å². The third-order valence-corrected chi connectivity index (χ3v) is 2.74. The summed E-state index contributed by atoms with van der Waals surface area (Å²) in [6.07, 6.45) is 0. The molecule has 2 rings (SSSR count). The fourth-order valence-electron chi connectivity index (χ4n) is 1.72. The summed E-state index contributed by atoms with van der Waals surface area (Å²) < 4.78 is 25.9. The van der Waals surface area contributed by atoms with Gasteiger partial charge in [0.05, 0.1) is 5.56 Å². The van der Waals surface area contributed by atoms with E-state index < -0.39 is 17.5 Å². The monoisotopic (exact) mass is 226 g/mol. The first-order chi connectivity index (χ1) is 7.61. The highest BCUT2D eigenvalue weighted by Gasteiger charge is 2.31. The van der Waals surface area contributed by atoms with Crippen molar-refractivity contribution in [2.45, 2.75) is 0 Å². The lowest BCUT2D eigenvalue weighted by molar-refractivity contribution is 0.0510. The van der Waals surface area contributed by atoms with E-state index in [2.05, 4.69) is 0 Å². The van der Waals surface area contributed by atoms with Gasteiger partial charge in [-0.1, -0.05) is 0 Å². The molecule has 1 aromatic rings. The Labute approximate surface area is 91.8 Å². The van der Waals surface area contributed by atoms with E-state index in [9.17, 15) is 13.6 Å². The van der Waals surface area contributed by atoms with Crippen LogP contribution in [-0.2, 0) is 0 Å². The van der Waals surface area contributed by atoms with Gasteiger partial charge in [0.1, 0.15) is 11.6 Å². The fraction of sp³-hybridized carbons (Fsp3) is 0.364. The van der Waals surface area contributed by atoms with Gasteiger partial charge in [0.2, 0.25) is 0 Å². The average Bonchev–Trinajstić information content (AvgIpc) is 2.15. The number of likely N-dealkylation sites (tertiary alicyclic amines) is 1. The van der Waals surface area contributed by atoms with Gasteiger partial charge >= 0.3 is 0 Å². The SMILES string of the molecule is NCC1CN(C(=O)c2ccc(F)cc2F)C1. The molecule has 3 nitrogen and oxygen atoms in total. The Kier molecular flexibility index (Phi) is 2.87. The zero-order valence-corrected chi connectivity index (χ0v) is 8.62. The third kappa shape index (κ3) is 1.90. The molecular weight excluding hydrogens is 214 g/mol. The van der Waals surface area contributed by atoms with Crippen molar-refractivity contribution in [3.63, 3.8) is 0 Å². The van der Waals surface area contributed by atoms with E-state index in [-0.39, 0.29) is 5.56 Å². The molecule has 0 radical (unpaired) electrons. The van der Waals surface area contributed by atoms with Gasteiger partial charge in [0, 0.05) is 25.1 Å². The Morgan fingerprint density at radius 3 is 2.69 bits per heavy atom. The van der Waals surface area contributed by atoms with Crippen molar-refractivity contribution in [1.82, 2.24) is 4.90 Å². The van der Waals surface area contributed by atoms with Crippen LogP contribution in [0.5, 0.6) is 0 Å². The maximum absolute atomic E-state index is 13.3. The molecule has 16 heavy (non-hydrogen) atoms. The standard InChI is InChI=1S/C11H12F2N2O/c12-8-1-2-9(10(13)3-8)11(16)15-5-7(4-14)6-15/h1-3,7H,4-6,14H2. The van der Waals surface area contributed by atoms with Gasteiger partial charge in [-0.3, -0.25) is 4.79 Å². The van der Waals surface area contributed by atoms with Crippen LogP contribution < -0.4 is 5.73 Å². The molecule has 1 saturated heterocycles. The number of nitrogens with zero attached hydrogens (tertiary/aromatic N) is 1. The lowest BCUT2D eigenvalue weighted by Gasteiger charge is -2.38. The molecule has 0 aromatic heterocycles. The lowest BCUT2D eigenvalue weighted by Crippen LogP contribution is -2.52. The number of nitrogens with two attached hydrogens (primary N) is 1. The number of amides is 1. The predicted octanol–water partition coefficient (Wildman–Crippen LogP) is 0.995. The van der Waals surface area contributed by atoms with Crippen LogP contribution in [0.4, 0.5) is 8.78 Å². The van der Waals surface area contributed by atoms with E-state index in [0.29, 0.717) is 31.6 Å². The minimum atomic E-state index is -0.818. The minimum Gasteiger partial charge on any atom is -0.338 e. The molecule has 1 aliphatic heterocycles. The summed E-state index contributed by atoms with van der Waals surface area (Å²) in [4.78, 5) is 13.3. The Bertz CT molecular complexity index is 416. The Morgan fingerprint density at radius 1 is 1.44 bits per heavy atom. The molecule has 0 unspecified atom stereocenters. The fourth-order valence-corrected chi connectivity index (χ4v) is 1.72. The first-order valence-corrected chi connectivity index (χ1v) is 5.06. The van der Waals surface area contributed by atoms with Crippen molar-refractivity contribution < 1.29 is 13.6 Å². The summed E-state index contributed by atoms with van der Waals surface area (Å²) in [6.45, 7) is 1.62. The van der Waals surface area contributed by atoms with E-state index in [1.807, 2.05) is 0 Å². The summed E-state index contributed by atoms with van der Waals surface area (Å²) >= 11 is 0. The van der Waals surface area contributed by atoms with E-state index >= 15 is 0 Å². The number of carbonyl (C=O) groups excluding carboxylic acids is 1. The molecule has 0 spiro atoms. The van der Waals surface area contributed by atoms with Gasteiger partial charge in [0.15, 0.2) is 0 Å². The average molecular weight is 226 g/mol. The number of rotatable bonds is 2. The predicted molar refractivity (Wildman–Crippen MR) is 54.8 cm³/mol. The zero-order valence-electron chi connectivity index (χ0n) is 8.62. The first kappa shape index (κ1) is 11.0. The van der Waals surface area contributed by atoms with E-state index in [1.165, 1.54) is 11.0 Å². The maximum Gasteiger partial charge on any atom is 0.256 e. The molecule has 1 aliphatic rings. The first-order valence-electron chi connectivity index (χ1n) is 5.06. The zero-order chi connectivity index (χ0) is 11.7. The smallest absolute Gasteiger partial charge is 0.256 e. The lowest BCUT2D eigenvalue weighted by atomic mass is 9.99. The van der Waals surface area contributed by atoms with Crippen molar-refractivity contribution in [2.24, 2.45) is 11.7 Å². The van der Waals surface area contributed by atoms with Crippen molar-refractivity contribution in [3.05, 3.63) is 35.4 Å². The van der Waals surface area contributed by atoms with Gasteiger partial charge < -0.3 is 10.6 Å². The summed E-state index contributed by atoms with van der Waals surface area (Å²) in [6, 6.07) is 2.96. The van der Waals surface area contributed by atoms with Gasteiger partial charge in [-0.05, 0) is 18.7 Å². The molecule has 1 aromatic carbocycles. The molecule has 0 bridgehead atoms. The number of hydrogen-bond acceptors (Lipinski definition) is 2. The van der Waals surface area contributed by atoms with Gasteiger partial charge in [-0.15, -0.1) is 0 Å². The van der Waals surface area contributed by atoms with Crippen LogP contribution in [-0.4, -0.2) is 30.4 Å². The molecule has 1 amide bonds. The number of benzene rings is 1.